The summed E-state index contributed by atoms with van der Waals surface area (Å²) in [6, 6.07) is 5.76. The summed E-state index contributed by atoms with van der Waals surface area (Å²) in [7, 11) is 0. The molecule has 0 amide bonds. The first-order valence-electron chi connectivity index (χ1n) is 6.85. The molecular weight excluding hydrogens is 276 g/mol. The van der Waals surface area contributed by atoms with E-state index in [1.54, 1.807) is 6.07 Å². The van der Waals surface area contributed by atoms with Gasteiger partial charge in [0.25, 0.3) is 5.69 Å². The van der Waals surface area contributed by atoms with Crippen molar-refractivity contribution < 1.29 is 19.6 Å². The Balaban J connectivity index is 2.13. The summed E-state index contributed by atoms with van der Waals surface area (Å²) in [5, 5.41) is 23.3. The molecule has 1 aromatic carbocycles. The van der Waals surface area contributed by atoms with Gasteiger partial charge in [-0.2, -0.15) is 0 Å². The molecule has 1 saturated carbocycles. The van der Waals surface area contributed by atoms with Gasteiger partial charge in [-0.3, -0.25) is 20.2 Å². The van der Waals surface area contributed by atoms with Crippen LogP contribution in [0.3, 0.4) is 0 Å². The molecule has 2 N–H and O–H groups in total. The molecule has 1 aliphatic carbocycles. The van der Waals surface area contributed by atoms with Gasteiger partial charge in [0, 0.05) is 6.07 Å². The zero-order valence-electron chi connectivity index (χ0n) is 11.7. The highest BCUT2D eigenvalue weighted by molar-refractivity contribution is 5.80. The number of carbonyl (C=O) groups is 1. The molecule has 1 fully saturated rings. The third-order valence-electron chi connectivity index (χ3n) is 3.64. The summed E-state index contributed by atoms with van der Waals surface area (Å²) >= 11 is 0. The standard InChI is InChI=1S/C14H18N2O5/c1-2-15-14(13(17)18,10-6-7-10)9-21-12-5-3-4-11(8-12)16(19)20/h3-5,8,10,15H,2,6-7,9H2,1H3,(H,17,18). The van der Waals surface area contributed by atoms with E-state index in [0.717, 1.165) is 12.8 Å². The molecule has 2 rings (SSSR count). The van der Waals surface area contributed by atoms with Gasteiger partial charge in [-0.25, -0.2) is 0 Å². The quantitative estimate of drug-likeness (QED) is 0.560. The molecule has 114 valence electrons. The number of benzene rings is 1. The van der Waals surface area contributed by atoms with E-state index in [1.807, 2.05) is 6.92 Å². The van der Waals surface area contributed by atoms with E-state index in [2.05, 4.69) is 5.32 Å². The lowest BCUT2D eigenvalue weighted by molar-refractivity contribution is -0.384. The van der Waals surface area contributed by atoms with Crippen LogP contribution in [-0.4, -0.2) is 34.7 Å². The van der Waals surface area contributed by atoms with Gasteiger partial charge in [0.15, 0.2) is 5.54 Å². The lowest BCUT2D eigenvalue weighted by Crippen LogP contribution is -2.58. The number of nitrogens with one attached hydrogen (secondary N) is 1. The van der Waals surface area contributed by atoms with Crippen molar-refractivity contribution in [3.8, 4) is 5.75 Å². The third-order valence-corrected chi connectivity index (χ3v) is 3.64. The van der Waals surface area contributed by atoms with Gasteiger partial charge in [0.1, 0.15) is 12.4 Å². The highest BCUT2D eigenvalue weighted by Gasteiger charge is 2.51. The number of hydrogen-bond acceptors (Lipinski definition) is 5. The van der Waals surface area contributed by atoms with Crippen LogP contribution < -0.4 is 10.1 Å². The Morgan fingerprint density at radius 1 is 1.57 bits per heavy atom. The minimum atomic E-state index is -1.13. The van der Waals surface area contributed by atoms with Gasteiger partial charge >= 0.3 is 5.97 Å². The highest BCUT2D eigenvalue weighted by Crippen LogP contribution is 2.40. The smallest absolute Gasteiger partial charge is 0.327 e. The second kappa shape index (κ2) is 6.09. The number of likely N-dealkylation sites (N-methyl/N-ethyl adjacent to an activating group) is 1. The number of ether oxygens (including phenoxy) is 1. The fourth-order valence-electron chi connectivity index (χ4n) is 2.40. The van der Waals surface area contributed by atoms with Crippen LogP contribution in [0.15, 0.2) is 24.3 Å². The number of carboxylic acids is 1. The molecule has 0 spiro atoms. The van der Waals surface area contributed by atoms with Crippen molar-refractivity contribution in [3.05, 3.63) is 34.4 Å². The molecule has 0 aromatic heterocycles. The van der Waals surface area contributed by atoms with Crippen LogP contribution in [-0.2, 0) is 4.79 Å². The first kappa shape index (κ1) is 15.2. The fourth-order valence-corrected chi connectivity index (χ4v) is 2.40. The summed E-state index contributed by atoms with van der Waals surface area (Å²) in [5.41, 5.74) is -1.21. The van der Waals surface area contributed by atoms with Crippen LogP contribution in [0, 0.1) is 16.0 Å². The maximum absolute atomic E-state index is 11.6. The maximum Gasteiger partial charge on any atom is 0.327 e. The summed E-state index contributed by atoms with van der Waals surface area (Å²) in [5.74, 6) is -0.612. The zero-order valence-corrected chi connectivity index (χ0v) is 11.7. The van der Waals surface area contributed by atoms with E-state index in [1.165, 1.54) is 18.2 Å². The summed E-state index contributed by atoms with van der Waals surface area (Å²) in [6.07, 6.45) is 1.69. The number of hydrogen-bond donors (Lipinski definition) is 2. The third kappa shape index (κ3) is 3.30. The number of nitro groups is 1. The molecule has 7 heteroatoms. The Morgan fingerprint density at radius 3 is 2.81 bits per heavy atom. The van der Waals surface area contributed by atoms with Gasteiger partial charge in [-0.05, 0) is 31.4 Å². The highest BCUT2D eigenvalue weighted by atomic mass is 16.6. The molecule has 1 unspecified atom stereocenters. The van der Waals surface area contributed by atoms with E-state index in [9.17, 15) is 20.0 Å². The van der Waals surface area contributed by atoms with E-state index in [-0.39, 0.29) is 18.2 Å². The number of rotatable bonds is 8. The predicted octanol–water partition coefficient (Wildman–Crippen LogP) is 1.82. The molecule has 0 radical (unpaired) electrons. The Hall–Kier alpha value is -2.15. The Morgan fingerprint density at radius 2 is 2.29 bits per heavy atom. The molecule has 0 aliphatic heterocycles. The van der Waals surface area contributed by atoms with Crippen molar-refractivity contribution in [1.82, 2.24) is 5.32 Å². The van der Waals surface area contributed by atoms with Gasteiger partial charge < -0.3 is 9.84 Å². The van der Waals surface area contributed by atoms with E-state index in [4.69, 9.17) is 4.74 Å². The molecule has 21 heavy (non-hydrogen) atoms. The Bertz CT molecular complexity index is 544. The average Bonchev–Trinajstić information content (AvgIpc) is 3.28. The lowest BCUT2D eigenvalue weighted by Gasteiger charge is -2.30. The number of carboxylic acid groups (broad SMARTS) is 1. The van der Waals surface area contributed by atoms with Gasteiger partial charge in [-0.1, -0.05) is 13.0 Å². The monoisotopic (exact) mass is 294 g/mol. The predicted molar refractivity (Wildman–Crippen MR) is 75.4 cm³/mol. The molecule has 1 aliphatic rings. The number of aliphatic carboxylic acids is 1. The van der Waals surface area contributed by atoms with Crippen LogP contribution >= 0.6 is 0 Å². The summed E-state index contributed by atoms with van der Waals surface area (Å²) in [4.78, 5) is 21.9. The van der Waals surface area contributed by atoms with Gasteiger partial charge in [0.05, 0.1) is 11.0 Å². The molecule has 1 atom stereocenters. The summed E-state index contributed by atoms with van der Waals surface area (Å²) in [6.45, 7) is 2.30. The summed E-state index contributed by atoms with van der Waals surface area (Å²) < 4.78 is 5.53. The molecule has 0 heterocycles. The van der Waals surface area contributed by atoms with E-state index in [0.29, 0.717) is 12.3 Å². The lowest BCUT2D eigenvalue weighted by atomic mass is 9.94. The van der Waals surface area contributed by atoms with E-state index < -0.39 is 16.4 Å². The second-order valence-corrected chi connectivity index (χ2v) is 5.12. The van der Waals surface area contributed by atoms with Crippen molar-refractivity contribution >= 4 is 11.7 Å². The van der Waals surface area contributed by atoms with Crippen LogP contribution in [0.1, 0.15) is 19.8 Å². The molecule has 0 saturated heterocycles. The van der Waals surface area contributed by atoms with Crippen molar-refractivity contribution in [2.75, 3.05) is 13.2 Å². The first-order chi connectivity index (χ1) is 9.99. The van der Waals surface area contributed by atoms with Crippen molar-refractivity contribution in [3.63, 3.8) is 0 Å². The minimum Gasteiger partial charge on any atom is -0.491 e. The van der Waals surface area contributed by atoms with Crippen LogP contribution in [0.5, 0.6) is 5.75 Å². The fraction of sp³-hybridized carbons (Fsp3) is 0.500. The normalized spacial score (nSPS) is 17.0. The van der Waals surface area contributed by atoms with Gasteiger partial charge in [0.2, 0.25) is 0 Å². The Kier molecular flexibility index (Phi) is 4.42. The SMILES string of the molecule is CCNC(COc1cccc([N+](=O)[O-])c1)(C(=O)O)C1CC1. The molecule has 7 nitrogen and oxygen atoms in total. The molecular formula is C14H18N2O5. The van der Waals surface area contributed by atoms with Crippen molar-refractivity contribution in [2.24, 2.45) is 5.92 Å². The van der Waals surface area contributed by atoms with Crippen LogP contribution in [0.2, 0.25) is 0 Å². The topological polar surface area (TPSA) is 102 Å². The van der Waals surface area contributed by atoms with Crippen LogP contribution in [0.4, 0.5) is 5.69 Å². The Labute approximate surface area is 122 Å². The van der Waals surface area contributed by atoms with Crippen molar-refractivity contribution in [2.45, 2.75) is 25.3 Å². The largest absolute Gasteiger partial charge is 0.491 e. The molecule has 1 aromatic rings. The van der Waals surface area contributed by atoms with Crippen LogP contribution in [0.25, 0.3) is 0 Å². The molecule has 0 bridgehead atoms. The second-order valence-electron chi connectivity index (χ2n) is 5.12. The number of nitro benzene ring substituents is 1. The van der Waals surface area contributed by atoms with E-state index >= 15 is 0 Å². The first-order valence-corrected chi connectivity index (χ1v) is 6.85. The van der Waals surface area contributed by atoms with Crippen molar-refractivity contribution in [1.29, 1.82) is 0 Å². The number of nitrogens with zero attached hydrogens (tertiary/aromatic N) is 1. The minimum absolute atomic E-state index is 0.0358. The van der Waals surface area contributed by atoms with Gasteiger partial charge in [-0.15, -0.1) is 0 Å². The maximum atomic E-state index is 11.6. The zero-order chi connectivity index (χ0) is 15.5. The average molecular weight is 294 g/mol. The number of non-ortho nitro benzene ring substituents is 1.